The van der Waals surface area contributed by atoms with Crippen LogP contribution in [0.15, 0.2) is 67.1 Å². The lowest BCUT2D eigenvalue weighted by molar-refractivity contribution is -0.274. The molecular formula is C30H35F3N5O3Si. The Hall–Kier alpha value is -4.03. The summed E-state index contributed by atoms with van der Waals surface area (Å²) in [5.41, 5.74) is 3.71. The Bertz CT molecular complexity index is 1500. The average Bonchev–Trinajstić information content (AvgIpc) is 3.32. The van der Waals surface area contributed by atoms with Crippen LogP contribution in [0.1, 0.15) is 38.1 Å². The molecule has 0 spiro atoms. The van der Waals surface area contributed by atoms with Crippen molar-refractivity contribution in [2.24, 2.45) is 5.41 Å². The molecule has 0 aliphatic heterocycles. The number of nitrogens with zero attached hydrogens (tertiary/aromatic N) is 3. The predicted molar refractivity (Wildman–Crippen MR) is 160 cm³/mol. The smallest absolute Gasteiger partial charge is 0.494 e. The highest BCUT2D eigenvalue weighted by atomic mass is 28.3. The van der Waals surface area contributed by atoms with Gasteiger partial charge in [-0.05, 0) is 79.5 Å². The molecule has 1 atom stereocenters. The summed E-state index contributed by atoms with van der Waals surface area (Å²) in [6.07, 6.45) is -1.34. The lowest BCUT2D eigenvalue weighted by Gasteiger charge is -2.33. The highest BCUT2D eigenvalue weighted by Gasteiger charge is 2.31. The summed E-state index contributed by atoms with van der Waals surface area (Å²) in [7, 11) is 0.556. The number of aryl methyl sites for hydroxylation is 1. The summed E-state index contributed by atoms with van der Waals surface area (Å²) in [5.74, 6) is 1.39. The summed E-state index contributed by atoms with van der Waals surface area (Å²) < 4.78 is 55.8. The molecule has 4 rings (SSSR count). The maximum absolute atomic E-state index is 12.6. The maximum atomic E-state index is 12.6. The lowest BCUT2D eigenvalue weighted by Crippen LogP contribution is -2.26. The summed E-state index contributed by atoms with van der Waals surface area (Å²) in [6.45, 7) is 12.4. The van der Waals surface area contributed by atoms with Crippen molar-refractivity contribution < 1.29 is 27.1 Å². The van der Waals surface area contributed by atoms with Gasteiger partial charge in [-0.15, -0.1) is 13.2 Å². The number of imidazole rings is 1. The van der Waals surface area contributed by atoms with E-state index in [1.54, 1.807) is 13.4 Å². The zero-order chi connectivity index (χ0) is 30.7. The van der Waals surface area contributed by atoms with Crippen molar-refractivity contribution in [1.82, 2.24) is 14.5 Å². The second-order valence-corrected chi connectivity index (χ2v) is 13.1. The minimum atomic E-state index is -4.76. The van der Waals surface area contributed by atoms with E-state index in [0.717, 1.165) is 22.6 Å². The molecular weight excluding hydrogens is 563 g/mol. The van der Waals surface area contributed by atoms with Crippen LogP contribution in [0.25, 0.3) is 5.69 Å². The van der Waals surface area contributed by atoms with Crippen molar-refractivity contribution in [2.75, 3.05) is 17.7 Å². The lowest BCUT2D eigenvalue weighted by atomic mass is 9.85. The molecule has 0 aliphatic rings. The number of benzene rings is 2. The molecule has 1 unspecified atom stereocenters. The molecule has 2 aromatic heterocycles. The van der Waals surface area contributed by atoms with Crippen LogP contribution in [-0.4, -0.2) is 37.0 Å². The second kappa shape index (κ2) is 12.5. The number of ether oxygens (including phenoxy) is 2. The summed E-state index contributed by atoms with van der Waals surface area (Å²) >= 11 is 0. The van der Waals surface area contributed by atoms with Crippen molar-refractivity contribution in [3.05, 3.63) is 78.4 Å². The largest absolute Gasteiger partial charge is 0.573 e. The summed E-state index contributed by atoms with van der Waals surface area (Å²) in [5, 5.41) is 6.58. The fourth-order valence-corrected chi connectivity index (χ4v) is 5.33. The number of anilines is 4. The third kappa shape index (κ3) is 8.26. The molecule has 0 saturated carbocycles. The van der Waals surface area contributed by atoms with Crippen LogP contribution >= 0.6 is 0 Å². The zero-order valence-corrected chi connectivity index (χ0v) is 25.6. The molecule has 1 radical (unpaired) electrons. The SMILES string of the molecule is COc1cc(Nc2cc(C(O[Si](C)C)C(C)(C)C)cc(Nc3ccc(OC(F)(F)F)cc3)n2)ccc1-n1cnc(C)c1. The fraction of sp³-hybridized carbons (Fsp3) is 0.333. The first-order valence-corrected chi connectivity index (χ1v) is 15.7. The highest BCUT2D eigenvalue weighted by Crippen LogP contribution is 2.39. The van der Waals surface area contributed by atoms with Crippen molar-refractivity contribution in [2.45, 2.75) is 53.3 Å². The zero-order valence-electron chi connectivity index (χ0n) is 24.6. The van der Waals surface area contributed by atoms with E-state index in [4.69, 9.17) is 14.1 Å². The van der Waals surface area contributed by atoms with Crippen molar-refractivity contribution in [3.8, 4) is 17.2 Å². The number of aromatic nitrogens is 3. The van der Waals surface area contributed by atoms with Crippen LogP contribution in [0.4, 0.5) is 36.2 Å². The van der Waals surface area contributed by atoms with Gasteiger partial charge < -0.3 is 29.1 Å². The molecule has 0 bridgehead atoms. The molecule has 8 nitrogen and oxygen atoms in total. The van der Waals surface area contributed by atoms with Gasteiger partial charge in [-0.25, -0.2) is 9.97 Å². The third-order valence-electron chi connectivity index (χ3n) is 6.09. The van der Waals surface area contributed by atoms with Gasteiger partial charge in [0.25, 0.3) is 0 Å². The van der Waals surface area contributed by atoms with E-state index in [1.807, 2.05) is 48.0 Å². The Kier molecular flexibility index (Phi) is 9.17. The Balaban J connectivity index is 1.69. The van der Waals surface area contributed by atoms with Gasteiger partial charge in [-0.1, -0.05) is 20.8 Å². The molecule has 42 heavy (non-hydrogen) atoms. The van der Waals surface area contributed by atoms with Gasteiger partial charge >= 0.3 is 6.36 Å². The van der Waals surface area contributed by atoms with Crippen LogP contribution in [0.2, 0.25) is 13.1 Å². The quantitative estimate of drug-likeness (QED) is 0.178. The van der Waals surface area contributed by atoms with Crippen molar-refractivity contribution >= 4 is 32.1 Å². The number of hydrogen-bond acceptors (Lipinski definition) is 7. The topological polar surface area (TPSA) is 82.5 Å². The van der Waals surface area contributed by atoms with E-state index in [-0.39, 0.29) is 17.3 Å². The first-order chi connectivity index (χ1) is 19.7. The molecule has 4 aromatic rings. The number of hydrogen-bond donors (Lipinski definition) is 2. The Morgan fingerprint density at radius 3 is 2.05 bits per heavy atom. The number of halogens is 3. The first-order valence-electron chi connectivity index (χ1n) is 13.3. The average molecular weight is 599 g/mol. The Morgan fingerprint density at radius 2 is 1.52 bits per heavy atom. The van der Waals surface area contributed by atoms with Crippen molar-refractivity contribution in [3.63, 3.8) is 0 Å². The number of methoxy groups -OCH3 is 1. The van der Waals surface area contributed by atoms with E-state index < -0.39 is 15.4 Å². The minimum absolute atomic E-state index is 0.220. The van der Waals surface area contributed by atoms with Crippen LogP contribution in [0.3, 0.4) is 0 Å². The number of pyridine rings is 1. The minimum Gasteiger partial charge on any atom is -0.494 e. The number of nitrogens with one attached hydrogen (secondary N) is 2. The molecule has 0 aliphatic carbocycles. The normalized spacial score (nSPS) is 12.7. The van der Waals surface area contributed by atoms with Crippen LogP contribution < -0.4 is 20.1 Å². The van der Waals surface area contributed by atoms with Gasteiger partial charge in [0, 0.05) is 23.6 Å². The van der Waals surface area contributed by atoms with Gasteiger partial charge in [0.15, 0.2) is 0 Å². The van der Waals surface area contributed by atoms with E-state index in [0.29, 0.717) is 23.1 Å². The van der Waals surface area contributed by atoms with Crippen LogP contribution in [0.5, 0.6) is 11.5 Å². The third-order valence-corrected chi connectivity index (χ3v) is 6.80. The van der Waals surface area contributed by atoms with E-state index in [9.17, 15) is 13.2 Å². The van der Waals surface area contributed by atoms with E-state index >= 15 is 0 Å². The molecule has 223 valence electrons. The predicted octanol–water partition coefficient (Wildman–Crippen LogP) is 8.33. The molecule has 0 amide bonds. The van der Waals surface area contributed by atoms with Crippen molar-refractivity contribution in [1.29, 1.82) is 0 Å². The Morgan fingerprint density at radius 1 is 0.905 bits per heavy atom. The van der Waals surface area contributed by atoms with Crippen LogP contribution in [0, 0.1) is 12.3 Å². The first kappa shape index (κ1) is 30.9. The second-order valence-electron chi connectivity index (χ2n) is 11.1. The summed E-state index contributed by atoms with van der Waals surface area (Å²) in [4.78, 5) is 9.05. The molecule has 12 heteroatoms. The molecule has 0 saturated heterocycles. The number of alkyl halides is 3. The van der Waals surface area contributed by atoms with Gasteiger partial charge in [0.05, 0.1) is 30.9 Å². The van der Waals surface area contributed by atoms with Gasteiger partial charge in [0.1, 0.15) is 23.1 Å². The van der Waals surface area contributed by atoms with Crippen LogP contribution in [-0.2, 0) is 4.43 Å². The standard InChI is InChI=1S/C30H35F3N5O3Si/c1-19-17-38(18-34-19)24-13-10-22(16-25(24)39-5)36-27-15-20(28(29(2,3)4)41-42(6)7)14-26(37-27)35-21-8-11-23(12-9-21)40-30(31,32)33/h8-18,28H,1-7H3,(H2,35,36,37). The van der Waals surface area contributed by atoms with Gasteiger partial charge in [-0.2, -0.15) is 0 Å². The fourth-order valence-electron chi connectivity index (χ4n) is 4.37. The molecule has 2 aromatic carbocycles. The molecule has 2 heterocycles. The van der Waals surface area contributed by atoms with E-state index in [2.05, 4.69) is 54.2 Å². The van der Waals surface area contributed by atoms with E-state index in [1.165, 1.54) is 24.3 Å². The van der Waals surface area contributed by atoms with Gasteiger partial charge in [0.2, 0.25) is 9.04 Å². The Labute approximate surface area is 245 Å². The monoisotopic (exact) mass is 598 g/mol. The highest BCUT2D eigenvalue weighted by molar-refractivity contribution is 6.48. The number of rotatable bonds is 10. The maximum Gasteiger partial charge on any atom is 0.573 e. The summed E-state index contributed by atoms with van der Waals surface area (Å²) in [6, 6.07) is 15.1. The molecule has 0 fully saturated rings. The molecule has 2 N–H and O–H groups in total. The van der Waals surface area contributed by atoms with Gasteiger partial charge in [-0.3, -0.25) is 0 Å².